The third-order valence-electron chi connectivity index (χ3n) is 2.51. The second-order valence-electron chi connectivity index (χ2n) is 4.96. The smallest absolute Gasteiger partial charge is 0.128 e. The van der Waals surface area contributed by atoms with Gasteiger partial charge in [-0.05, 0) is 33.8 Å². The molecule has 0 aromatic carbocycles. The molecule has 2 aromatic rings. The zero-order valence-corrected chi connectivity index (χ0v) is 10.8. The molecule has 0 aliphatic carbocycles. The molecule has 4 heteroatoms. The molecule has 0 saturated carbocycles. The summed E-state index contributed by atoms with van der Waals surface area (Å²) in [4.78, 5) is 8.64. The monoisotopic (exact) mass is 237 g/mol. The Kier molecular flexibility index (Phi) is 2.66. The van der Waals surface area contributed by atoms with E-state index < -0.39 is 0 Å². The Hall–Kier alpha value is -1.09. The molecule has 2 heterocycles. The van der Waals surface area contributed by atoms with Gasteiger partial charge in [-0.15, -0.1) is 11.6 Å². The van der Waals surface area contributed by atoms with Gasteiger partial charge in [0.05, 0.1) is 17.1 Å². The molecule has 0 radical (unpaired) electrons. The van der Waals surface area contributed by atoms with Crippen LogP contribution in [0.3, 0.4) is 0 Å². The summed E-state index contributed by atoms with van der Waals surface area (Å²) in [6.07, 6.45) is 3.56. The number of fused-ring (bicyclic) bond motifs is 1. The predicted octanol–water partition coefficient (Wildman–Crippen LogP) is 3.49. The van der Waals surface area contributed by atoms with Crippen molar-refractivity contribution in [3.8, 4) is 0 Å². The number of aromatic nitrogens is 3. The van der Waals surface area contributed by atoms with Gasteiger partial charge in [0, 0.05) is 11.7 Å². The zero-order chi connectivity index (χ0) is 11.9. The molecule has 1 unspecified atom stereocenters. The van der Waals surface area contributed by atoms with E-state index in [0.29, 0.717) is 0 Å². The molecule has 3 nitrogen and oxygen atoms in total. The summed E-state index contributed by atoms with van der Waals surface area (Å²) in [5, 5.41) is -0.105. The summed E-state index contributed by atoms with van der Waals surface area (Å²) in [5.74, 6) is 0.900. The highest BCUT2D eigenvalue weighted by atomic mass is 35.5. The maximum Gasteiger partial charge on any atom is 0.128 e. The molecule has 0 amide bonds. The van der Waals surface area contributed by atoms with Crippen LogP contribution in [0.2, 0.25) is 0 Å². The van der Waals surface area contributed by atoms with Crippen molar-refractivity contribution in [1.82, 2.24) is 14.5 Å². The first-order chi connectivity index (χ1) is 7.41. The average molecular weight is 238 g/mol. The number of hydrogen-bond acceptors (Lipinski definition) is 2. The average Bonchev–Trinajstić information content (AvgIpc) is 2.55. The van der Waals surface area contributed by atoms with Crippen LogP contribution >= 0.6 is 11.6 Å². The summed E-state index contributed by atoms with van der Waals surface area (Å²) in [7, 11) is 0. The lowest BCUT2D eigenvalue weighted by molar-refractivity contribution is 0.394. The number of halogens is 1. The van der Waals surface area contributed by atoms with Gasteiger partial charge in [0.2, 0.25) is 0 Å². The lowest BCUT2D eigenvalue weighted by Gasteiger charge is -2.25. The molecule has 0 fully saturated rings. The van der Waals surface area contributed by atoms with Gasteiger partial charge in [-0.2, -0.15) is 0 Å². The molecule has 0 aliphatic rings. The van der Waals surface area contributed by atoms with Gasteiger partial charge in [0.1, 0.15) is 11.3 Å². The van der Waals surface area contributed by atoms with E-state index in [1.807, 2.05) is 13.0 Å². The van der Waals surface area contributed by atoms with Crippen LogP contribution in [0, 0.1) is 0 Å². The normalized spacial score (nSPS) is 14.3. The van der Waals surface area contributed by atoms with Gasteiger partial charge in [-0.25, -0.2) is 4.98 Å². The van der Waals surface area contributed by atoms with Crippen molar-refractivity contribution in [1.29, 1.82) is 0 Å². The van der Waals surface area contributed by atoms with E-state index in [9.17, 15) is 0 Å². The molecule has 16 heavy (non-hydrogen) atoms. The van der Waals surface area contributed by atoms with Crippen molar-refractivity contribution < 1.29 is 0 Å². The van der Waals surface area contributed by atoms with Gasteiger partial charge in [0.25, 0.3) is 0 Å². The van der Waals surface area contributed by atoms with Crippen LogP contribution in [-0.2, 0) is 5.54 Å². The lowest BCUT2D eigenvalue weighted by atomic mass is 10.1. The van der Waals surface area contributed by atoms with E-state index in [2.05, 4.69) is 35.3 Å². The van der Waals surface area contributed by atoms with Crippen LogP contribution in [0.1, 0.15) is 38.9 Å². The molecular weight excluding hydrogens is 222 g/mol. The number of imidazole rings is 1. The molecule has 0 bridgehead atoms. The van der Waals surface area contributed by atoms with Crippen LogP contribution in [0.25, 0.3) is 11.0 Å². The van der Waals surface area contributed by atoms with Gasteiger partial charge in [-0.1, -0.05) is 0 Å². The van der Waals surface area contributed by atoms with Crippen molar-refractivity contribution in [3.05, 3.63) is 24.3 Å². The number of hydrogen-bond donors (Lipinski definition) is 0. The van der Waals surface area contributed by atoms with Crippen molar-refractivity contribution >= 4 is 22.6 Å². The van der Waals surface area contributed by atoms with E-state index in [1.165, 1.54) is 0 Å². The maximum absolute atomic E-state index is 6.18. The van der Waals surface area contributed by atoms with Gasteiger partial charge in [0.15, 0.2) is 0 Å². The molecular formula is C12H16ClN3. The zero-order valence-electron chi connectivity index (χ0n) is 10.0. The molecule has 86 valence electrons. The second-order valence-corrected chi connectivity index (χ2v) is 5.61. The van der Waals surface area contributed by atoms with Crippen molar-refractivity contribution in [3.63, 3.8) is 0 Å². The number of pyridine rings is 1. The largest absolute Gasteiger partial charge is 0.321 e. The van der Waals surface area contributed by atoms with E-state index in [4.69, 9.17) is 11.6 Å². The minimum atomic E-state index is -0.105. The van der Waals surface area contributed by atoms with Crippen LogP contribution in [-0.4, -0.2) is 14.5 Å². The van der Waals surface area contributed by atoms with E-state index in [-0.39, 0.29) is 10.9 Å². The Morgan fingerprint density at radius 2 is 2.06 bits per heavy atom. The standard InChI is InChI=1S/C12H16ClN3/c1-8(13)11-15-9-7-14-6-5-10(9)16(11)12(2,3)4/h5-8H,1-4H3. The highest BCUT2D eigenvalue weighted by Gasteiger charge is 2.23. The summed E-state index contributed by atoms with van der Waals surface area (Å²) in [6, 6.07) is 1.98. The third-order valence-corrected chi connectivity index (χ3v) is 2.70. The van der Waals surface area contributed by atoms with Crippen molar-refractivity contribution in [2.24, 2.45) is 0 Å². The van der Waals surface area contributed by atoms with Crippen molar-refractivity contribution in [2.75, 3.05) is 0 Å². The Morgan fingerprint density at radius 1 is 1.38 bits per heavy atom. The fourth-order valence-electron chi connectivity index (χ4n) is 1.92. The van der Waals surface area contributed by atoms with E-state index >= 15 is 0 Å². The number of alkyl halides is 1. The minimum Gasteiger partial charge on any atom is -0.321 e. The molecule has 0 N–H and O–H groups in total. The second kappa shape index (κ2) is 3.74. The quantitative estimate of drug-likeness (QED) is 0.711. The topological polar surface area (TPSA) is 30.7 Å². The van der Waals surface area contributed by atoms with Crippen LogP contribution in [0.5, 0.6) is 0 Å². The molecule has 0 saturated heterocycles. The fourth-order valence-corrected chi connectivity index (χ4v) is 2.07. The predicted molar refractivity (Wildman–Crippen MR) is 66.8 cm³/mol. The van der Waals surface area contributed by atoms with Crippen molar-refractivity contribution in [2.45, 2.75) is 38.6 Å². The van der Waals surface area contributed by atoms with E-state index in [0.717, 1.165) is 16.9 Å². The maximum atomic E-state index is 6.18. The summed E-state index contributed by atoms with van der Waals surface area (Å²) < 4.78 is 2.18. The highest BCUT2D eigenvalue weighted by molar-refractivity contribution is 6.20. The molecule has 2 aromatic heterocycles. The Bertz CT molecular complexity index is 508. The van der Waals surface area contributed by atoms with Crippen LogP contribution in [0.4, 0.5) is 0 Å². The number of nitrogens with zero attached hydrogens (tertiary/aromatic N) is 3. The first-order valence-electron chi connectivity index (χ1n) is 5.38. The fraction of sp³-hybridized carbons (Fsp3) is 0.500. The van der Waals surface area contributed by atoms with Gasteiger partial charge < -0.3 is 4.57 Å². The minimum absolute atomic E-state index is 0.0331. The van der Waals surface area contributed by atoms with Crippen LogP contribution in [0.15, 0.2) is 18.5 Å². The summed E-state index contributed by atoms with van der Waals surface area (Å²) in [5.41, 5.74) is 1.96. The van der Waals surface area contributed by atoms with Gasteiger partial charge in [-0.3, -0.25) is 4.98 Å². The molecule has 2 rings (SSSR count). The summed E-state index contributed by atoms with van der Waals surface area (Å²) in [6.45, 7) is 8.39. The van der Waals surface area contributed by atoms with Gasteiger partial charge >= 0.3 is 0 Å². The van der Waals surface area contributed by atoms with Crippen LogP contribution < -0.4 is 0 Å². The van der Waals surface area contributed by atoms with E-state index in [1.54, 1.807) is 12.4 Å². The molecule has 1 atom stereocenters. The Labute approximate surface area is 100 Å². The third kappa shape index (κ3) is 1.80. The molecule has 0 aliphatic heterocycles. The first-order valence-corrected chi connectivity index (χ1v) is 5.82. The lowest BCUT2D eigenvalue weighted by Crippen LogP contribution is -2.24. The molecule has 0 spiro atoms. The summed E-state index contributed by atoms with van der Waals surface area (Å²) >= 11 is 6.18. The number of rotatable bonds is 1. The first kappa shape index (κ1) is 11.4. The highest BCUT2D eigenvalue weighted by Crippen LogP contribution is 2.29. The SMILES string of the molecule is CC(Cl)c1nc2cnccc2n1C(C)(C)C. The Morgan fingerprint density at radius 3 is 2.62 bits per heavy atom. The Balaban J connectivity index is 2.80.